The largest absolute Gasteiger partial charge is 0.326 e. The number of hydrogen-bond acceptors (Lipinski definition) is 2. The summed E-state index contributed by atoms with van der Waals surface area (Å²) in [5, 5.41) is 2.94. The number of carbonyl (C=O) groups excluding carboxylic acids is 2. The number of nitrogens with one attached hydrogen (secondary N) is 1. The van der Waals surface area contributed by atoms with E-state index in [9.17, 15) is 9.59 Å². The highest BCUT2D eigenvalue weighted by atomic mass is 16.2. The van der Waals surface area contributed by atoms with E-state index < -0.39 is 0 Å². The molecule has 2 amide bonds. The first-order valence-electron chi connectivity index (χ1n) is 7.79. The van der Waals surface area contributed by atoms with Gasteiger partial charge in [-0.2, -0.15) is 0 Å². The molecule has 0 spiro atoms. The summed E-state index contributed by atoms with van der Waals surface area (Å²) in [6, 6.07) is 15.4. The fraction of sp³-hybridized carbons (Fsp3) is 0.263. The quantitative estimate of drug-likeness (QED) is 0.946. The molecule has 2 aromatic carbocycles. The zero-order valence-electron chi connectivity index (χ0n) is 13.4. The number of rotatable bonds is 3. The standard InChI is InChI=1S/C19H20N2O2/c1-13-7-3-5-9-16(13)20-19(23)15-11-18(22)21(12-15)17-10-6-4-8-14(17)2/h3-10,15H,11-12H2,1-2H3,(H,20,23)/t15-/m1/s1. The van der Waals surface area contributed by atoms with Crippen molar-refractivity contribution in [2.24, 2.45) is 5.92 Å². The van der Waals surface area contributed by atoms with Crippen LogP contribution >= 0.6 is 0 Å². The van der Waals surface area contributed by atoms with Gasteiger partial charge in [0.1, 0.15) is 0 Å². The van der Waals surface area contributed by atoms with Crippen molar-refractivity contribution in [2.45, 2.75) is 20.3 Å². The number of nitrogens with zero attached hydrogens (tertiary/aromatic N) is 1. The third-order valence-corrected chi connectivity index (χ3v) is 4.31. The molecule has 1 heterocycles. The third kappa shape index (κ3) is 3.11. The van der Waals surface area contributed by atoms with Gasteiger partial charge in [-0.3, -0.25) is 9.59 Å². The van der Waals surface area contributed by atoms with Crippen molar-refractivity contribution in [3.05, 3.63) is 59.7 Å². The molecule has 0 aromatic heterocycles. The van der Waals surface area contributed by atoms with Crippen LogP contribution in [0.4, 0.5) is 11.4 Å². The Morgan fingerprint density at radius 3 is 2.39 bits per heavy atom. The maximum atomic E-state index is 12.5. The average molecular weight is 308 g/mol. The van der Waals surface area contributed by atoms with E-state index in [2.05, 4.69) is 5.32 Å². The van der Waals surface area contributed by atoms with Gasteiger partial charge in [-0.25, -0.2) is 0 Å². The van der Waals surface area contributed by atoms with Crippen LogP contribution < -0.4 is 10.2 Å². The molecule has 1 aliphatic heterocycles. The highest BCUT2D eigenvalue weighted by Crippen LogP contribution is 2.28. The zero-order chi connectivity index (χ0) is 16.4. The molecule has 0 saturated carbocycles. The van der Waals surface area contributed by atoms with E-state index in [-0.39, 0.29) is 24.2 Å². The van der Waals surface area contributed by atoms with Gasteiger partial charge in [-0.1, -0.05) is 36.4 Å². The van der Waals surface area contributed by atoms with E-state index in [1.165, 1.54) is 0 Å². The summed E-state index contributed by atoms with van der Waals surface area (Å²) in [6.07, 6.45) is 0.256. The topological polar surface area (TPSA) is 49.4 Å². The molecule has 118 valence electrons. The molecule has 1 saturated heterocycles. The molecular formula is C19H20N2O2. The van der Waals surface area contributed by atoms with Crippen molar-refractivity contribution in [1.29, 1.82) is 0 Å². The summed E-state index contributed by atoms with van der Waals surface area (Å²) in [7, 11) is 0. The first-order chi connectivity index (χ1) is 11.1. The molecule has 23 heavy (non-hydrogen) atoms. The second kappa shape index (κ2) is 6.24. The molecule has 1 N–H and O–H groups in total. The SMILES string of the molecule is Cc1ccccc1NC(=O)[C@@H]1CC(=O)N(c2ccccc2C)C1. The minimum Gasteiger partial charge on any atom is -0.326 e. The second-order valence-electron chi connectivity index (χ2n) is 6.00. The smallest absolute Gasteiger partial charge is 0.229 e. The number of aryl methyl sites for hydroxylation is 2. The normalized spacial score (nSPS) is 17.4. The van der Waals surface area contributed by atoms with Gasteiger partial charge in [0.2, 0.25) is 11.8 Å². The van der Waals surface area contributed by atoms with Crippen LogP contribution in [0.15, 0.2) is 48.5 Å². The van der Waals surface area contributed by atoms with Crippen molar-refractivity contribution in [3.63, 3.8) is 0 Å². The first kappa shape index (κ1) is 15.3. The Kier molecular flexibility index (Phi) is 4.15. The Morgan fingerprint density at radius 1 is 1.04 bits per heavy atom. The van der Waals surface area contributed by atoms with E-state index in [0.29, 0.717) is 6.54 Å². The number of hydrogen-bond donors (Lipinski definition) is 1. The molecule has 1 fully saturated rings. The van der Waals surface area contributed by atoms with Crippen LogP contribution in [-0.4, -0.2) is 18.4 Å². The predicted molar refractivity (Wildman–Crippen MR) is 91.4 cm³/mol. The molecule has 4 heteroatoms. The molecule has 0 aliphatic carbocycles. The number of amides is 2. The Hall–Kier alpha value is -2.62. The molecule has 1 aliphatic rings. The highest BCUT2D eigenvalue weighted by Gasteiger charge is 2.35. The summed E-state index contributed by atoms with van der Waals surface area (Å²) >= 11 is 0. The van der Waals surface area contributed by atoms with Gasteiger partial charge in [0.25, 0.3) is 0 Å². The Labute approximate surface area is 136 Å². The molecule has 0 unspecified atom stereocenters. The highest BCUT2D eigenvalue weighted by molar-refractivity contribution is 6.04. The molecule has 4 nitrogen and oxygen atoms in total. The van der Waals surface area contributed by atoms with Crippen molar-refractivity contribution in [2.75, 3.05) is 16.8 Å². The van der Waals surface area contributed by atoms with Crippen molar-refractivity contribution < 1.29 is 9.59 Å². The monoisotopic (exact) mass is 308 g/mol. The Bertz CT molecular complexity index is 755. The molecule has 0 radical (unpaired) electrons. The Morgan fingerprint density at radius 2 is 1.70 bits per heavy atom. The lowest BCUT2D eigenvalue weighted by Crippen LogP contribution is -2.28. The Balaban J connectivity index is 1.74. The summed E-state index contributed by atoms with van der Waals surface area (Å²) < 4.78 is 0. The van der Waals surface area contributed by atoms with Gasteiger partial charge in [-0.15, -0.1) is 0 Å². The van der Waals surface area contributed by atoms with E-state index in [1.54, 1.807) is 4.90 Å². The van der Waals surface area contributed by atoms with Gasteiger partial charge >= 0.3 is 0 Å². The minimum absolute atomic E-state index is 0.00392. The minimum atomic E-state index is -0.318. The molecule has 3 rings (SSSR count). The van der Waals surface area contributed by atoms with Gasteiger partial charge in [0.15, 0.2) is 0 Å². The average Bonchev–Trinajstić information content (AvgIpc) is 2.92. The van der Waals surface area contributed by atoms with Crippen LogP contribution in [0.3, 0.4) is 0 Å². The van der Waals surface area contributed by atoms with Crippen LogP contribution in [0.1, 0.15) is 17.5 Å². The molecule has 1 atom stereocenters. The van der Waals surface area contributed by atoms with Crippen LogP contribution in [0.5, 0.6) is 0 Å². The van der Waals surface area contributed by atoms with Crippen LogP contribution in [0, 0.1) is 19.8 Å². The second-order valence-corrected chi connectivity index (χ2v) is 6.00. The van der Waals surface area contributed by atoms with Gasteiger partial charge < -0.3 is 10.2 Å². The maximum Gasteiger partial charge on any atom is 0.229 e. The lowest BCUT2D eigenvalue weighted by Gasteiger charge is -2.19. The molecular weight excluding hydrogens is 288 g/mol. The summed E-state index contributed by atoms with van der Waals surface area (Å²) in [5.74, 6) is -0.408. The summed E-state index contributed by atoms with van der Waals surface area (Å²) in [6.45, 7) is 4.36. The van der Waals surface area contributed by atoms with Gasteiger partial charge in [0, 0.05) is 24.3 Å². The van der Waals surface area contributed by atoms with E-state index in [0.717, 1.165) is 22.5 Å². The van der Waals surface area contributed by atoms with Crippen molar-refractivity contribution in [1.82, 2.24) is 0 Å². The zero-order valence-corrected chi connectivity index (χ0v) is 13.4. The predicted octanol–water partition coefficient (Wildman–Crippen LogP) is 3.30. The lowest BCUT2D eigenvalue weighted by molar-refractivity contribution is -0.122. The summed E-state index contributed by atoms with van der Waals surface area (Å²) in [5.41, 5.74) is 3.75. The molecule has 2 aromatic rings. The third-order valence-electron chi connectivity index (χ3n) is 4.31. The van der Waals surface area contributed by atoms with Gasteiger partial charge in [0.05, 0.1) is 5.92 Å². The molecule has 0 bridgehead atoms. The van der Waals surface area contributed by atoms with Gasteiger partial charge in [-0.05, 0) is 37.1 Å². The number of benzene rings is 2. The van der Waals surface area contributed by atoms with Crippen LogP contribution in [0.2, 0.25) is 0 Å². The fourth-order valence-electron chi connectivity index (χ4n) is 2.93. The van der Waals surface area contributed by atoms with Crippen LogP contribution in [0.25, 0.3) is 0 Å². The maximum absolute atomic E-state index is 12.5. The summed E-state index contributed by atoms with van der Waals surface area (Å²) in [4.78, 5) is 26.5. The number of carbonyl (C=O) groups is 2. The first-order valence-corrected chi connectivity index (χ1v) is 7.79. The number of anilines is 2. The van der Waals surface area contributed by atoms with Crippen LogP contribution in [-0.2, 0) is 9.59 Å². The van der Waals surface area contributed by atoms with E-state index in [1.807, 2.05) is 62.4 Å². The van der Waals surface area contributed by atoms with E-state index >= 15 is 0 Å². The van der Waals surface area contributed by atoms with E-state index in [4.69, 9.17) is 0 Å². The van der Waals surface area contributed by atoms with Crippen molar-refractivity contribution in [3.8, 4) is 0 Å². The van der Waals surface area contributed by atoms with Crippen molar-refractivity contribution >= 4 is 23.2 Å². The fourth-order valence-corrected chi connectivity index (χ4v) is 2.93. The number of para-hydroxylation sites is 2. The lowest BCUT2D eigenvalue weighted by atomic mass is 10.1.